The van der Waals surface area contributed by atoms with Gasteiger partial charge in [0, 0.05) is 23.4 Å². The summed E-state index contributed by atoms with van der Waals surface area (Å²) < 4.78 is 16.4. The highest BCUT2D eigenvalue weighted by Gasteiger charge is 2.22. The Hall–Kier alpha value is -1.33. The second kappa shape index (κ2) is 7.61. The van der Waals surface area contributed by atoms with Gasteiger partial charge in [-0.2, -0.15) is 0 Å². The molecule has 112 valence electrons. The summed E-state index contributed by atoms with van der Waals surface area (Å²) in [5, 5.41) is 8.17. The maximum absolute atomic E-state index is 5.58. The van der Waals surface area contributed by atoms with Gasteiger partial charge in [-0.3, -0.25) is 9.05 Å². The van der Waals surface area contributed by atoms with Gasteiger partial charge in [0.25, 0.3) is 0 Å². The minimum Gasteiger partial charge on any atom is -0.404 e. The summed E-state index contributed by atoms with van der Waals surface area (Å²) in [7, 11) is 0. The first-order chi connectivity index (χ1) is 10.2. The molecule has 0 fully saturated rings. The van der Waals surface area contributed by atoms with Gasteiger partial charge in [-0.1, -0.05) is 30.3 Å². The van der Waals surface area contributed by atoms with E-state index in [9.17, 15) is 0 Å². The third-order valence-electron chi connectivity index (χ3n) is 2.49. The molecule has 0 aliphatic rings. The number of hydrogen-bond acceptors (Lipinski definition) is 6. The lowest BCUT2D eigenvalue weighted by atomic mass is 10.1. The van der Waals surface area contributed by atoms with Crippen molar-refractivity contribution in [2.45, 2.75) is 13.8 Å². The molecular formula is C14H17N2O3PS. The molecule has 0 unspecified atom stereocenters. The van der Waals surface area contributed by atoms with Crippen LogP contribution in [-0.4, -0.2) is 23.4 Å². The zero-order chi connectivity index (χ0) is 15.1. The van der Waals surface area contributed by atoms with Crippen LogP contribution < -0.4 is 4.52 Å². The topological polar surface area (TPSA) is 53.5 Å². The molecule has 1 aromatic heterocycles. The van der Waals surface area contributed by atoms with Gasteiger partial charge >= 0.3 is 6.72 Å². The summed E-state index contributed by atoms with van der Waals surface area (Å²) in [6.07, 6.45) is 0. The largest absolute Gasteiger partial charge is 0.404 e. The van der Waals surface area contributed by atoms with Crippen molar-refractivity contribution in [3.05, 3.63) is 42.5 Å². The van der Waals surface area contributed by atoms with Gasteiger partial charge < -0.3 is 4.52 Å². The Morgan fingerprint density at radius 1 is 0.952 bits per heavy atom. The molecule has 0 aliphatic heterocycles. The van der Waals surface area contributed by atoms with E-state index in [-0.39, 0.29) is 0 Å². The molecule has 0 N–H and O–H groups in total. The molecule has 5 nitrogen and oxygen atoms in total. The molecule has 1 aromatic carbocycles. The van der Waals surface area contributed by atoms with Gasteiger partial charge in [-0.15, -0.1) is 10.2 Å². The average Bonchev–Trinajstić information content (AvgIpc) is 2.49. The third-order valence-corrected chi connectivity index (χ3v) is 4.90. The fourth-order valence-electron chi connectivity index (χ4n) is 1.65. The Bertz CT molecular complexity index is 597. The molecule has 0 spiro atoms. The molecule has 2 aromatic rings. The molecule has 7 heteroatoms. The molecule has 2 rings (SSSR count). The van der Waals surface area contributed by atoms with Crippen molar-refractivity contribution < 1.29 is 13.6 Å². The molecular weight excluding hydrogens is 307 g/mol. The van der Waals surface area contributed by atoms with Gasteiger partial charge in [0.05, 0.1) is 18.9 Å². The van der Waals surface area contributed by atoms with Crippen LogP contribution in [0, 0.1) is 0 Å². The second-order valence-electron chi connectivity index (χ2n) is 4.00. The summed E-state index contributed by atoms with van der Waals surface area (Å²) in [5.74, 6) is 0.305. The van der Waals surface area contributed by atoms with Gasteiger partial charge in [0.2, 0.25) is 5.88 Å². The van der Waals surface area contributed by atoms with Crippen LogP contribution in [0.15, 0.2) is 42.5 Å². The van der Waals surface area contributed by atoms with Crippen LogP contribution in [0.1, 0.15) is 13.8 Å². The van der Waals surface area contributed by atoms with E-state index in [1.807, 2.05) is 50.2 Å². The summed E-state index contributed by atoms with van der Waals surface area (Å²) in [5.41, 5.74) is 1.76. The van der Waals surface area contributed by atoms with Crippen molar-refractivity contribution in [2.75, 3.05) is 13.2 Å². The van der Waals surface area contributed by atoms with Crippen LogP contribution in [-0.2, 0) is 20.9 Å². The third kappa shape index (κ3) is 4.58. The van der Waals surface area contributed by atoms with Crippen molar-refractivity contribution in [1.82, 2.24) is 10.2 Å². The smallest absolute Gasteiger partial charge is 0.381 e. The predicted octanol–water partition coefficient (Wildman–Crippen LogP) is 3.82. The average molecular weight is 324 g/mol. The number of rotatable bonds is 7. The SMILES string of the molecule is CCOP(=S)(OCC)Oc1ccc(-c2ccccc2)nn1. The number of benzene rings is 1. The molecule has 0 saturated heterocycles. The lowest BCUT2D eigenvalue weighted by molar-refractivity contribution is 0.215. The predicted molar refractivity (Wildman–Crippen MR) is 85.6 cm³/mol. The van der Waals surface area contributed by atoms with Gasteiger partial charge in [0.15, 0.2) is 0 Å². The minimum atomic E-state index is -2.80. The quantitative estimate of drug-likeness (QED) is 0.722. The standard InChI is InChI=1S/C14H17N2O3PS/c1-3-17-20(21,18-4-2)19-14-11-10-13(15-16-14)12-8-6-5-7-9-12/h5-11H,3-4H2,1-2H3. The molecule has 0 bridgehead atoms. The Balaban J connectivity index is 2.13. The highest BCUT2D eigenvalue weighted by atomic mass is 32.5. The zero-order valence-corrected chi connectivity index (χ0v) is 13.6. The molecule has 0 radical (unpaired) electrons. The first-order valence-electron chi connectivity index (χ1n) is 6.64. The molecule has 21 heavy (non-hydrogen) atoms. The molecule has 0 aliphatic carbocycles. The summed E-state index contributed by atoms with van der Waals surface area (Å²) in [6.45, 7) is 1.73. The van der Waals surface area contributed by atoms with Gasteiger partial charge in [0.1, 0.15) is 0 Å². The van der Waals surface area contributed by atoms with Crippen molar-refractivity contribution in [3.63, 3.8) is 0 Å². The van der Waals surface area contributed by atoms with E-state index in [2.05, 4.69) is 10.2 Å². The summed E-state index contributed by atoms with van der Waals surface area (Å²) in [6, 6.07) is 13.3. The fourth-order valence-corrected chi connectivity index (χ4v) is 3.65. The van der Waals surface area contributed by atoms with E-state index in [4.69, 9.17) is 25.4 Å². The van der Waals surface area contributed by atoms with Gasteiger partial charge in [-0.05, 0) is 19.9 Å². The Kier molecular flexibility index (Phi) is 5.82. The lowest BCUT2D eigenvalue weighted by Crippen LogP contribution is -2.03. The van der Waals surface area contributed by atoms with E-state index in [0.717, 1.165) is 11.3 Å². The van der Waals surface area contributed by atoms with Crippen LogP contribution >= 0.6 is 6.72 Å². The van der Waals surface area contributed by atoms with Crippen LogP contribution in [0.3, 0.4) is 0 Å². The van der Waals surface area contributed by atoms with Crippen LogP contribution in [0.4, 0.5) is 0 Å². The monoisotopic (exact) mass is 324 g/mol. The van der Waals surface area contributed by atoms with Crippen molar-refractivity contribution in [1.29, 1.82) is 0 Å². The number of hydrogen-bond donors (Lipinski definition) is 0. The Labute approximate surface area is 129 Å². The van der Waals surface area contributed by atoms with Gasteiger partial charge in [-0.25, -0.2) is 0 Å². The van der Waals surface area contributed by atoms with E-state index in [1.54, 1.807) is 6.07 Å². The van der Waals surface area contributed by atoms with Crippen molar-refractivity contribution in [3.8, 4) is 17.1 Å². The lowest BCUT2D eigenvalue weighted by Gasteiger charge is -2.19. The molecule has 0 amide bonds. The van der Waals surface area contributed by atoms with E-state index in [0.29, 0.717) is 19.1 Å². The number of aromatic nitrogens is 2. The maximum Gasteiger partial charge on any atom is 0.381 e. The molecule has 0 atom stereocenters. The number of nitrogens with zero attached hydrogens (tertiary/aromatic N) is 2. The minimum absolute atomic E-state index is 0.305. The van der Waals surface area contributed by atoms with E-state index >= 15 is 0 Å². The van der Waals surface area contributed by atoms with E-state index < -0.39 is 6.72 Å². The molecule has 1 heterocycles. The van der Waals surface area contributed by atoms with E-state index in [1.165, 1.54) is 0 Å². The highest BCUT2D eigenvalue weighted by Crippen LogP contribution is 2.49. The normalized spacial score (nSPS) is 11.3. The fraction of sp³-hybridized carbons (Fsp3) is 0.286. The summed E-state index contributed by atoms with van der Waals surface area (Å²) >= 11 is 5.29. The van der Waals surface area contributed by atoms with Crippen LogP contribution in [0.5, 0.6) is 5.88 Å². The van der Waals surface area contributed by atoms with Crippen molar-refractivity contribution in [2.24, 2.45) is 0 Å². The van der Waals surface area contributed by atoms with Crippen molar-refractivity contribution >= 4 is 18.5 Å². The highest BCUT2D eigenvalue weighted by molar-refractivity contribution is 8.07. The summed E-state index contributed by atoms with van der Waals surface area (Å²) in [4.78, 5) is 0. The zero-order valence-electron chi connectivity index (χ0n) is 11.9. The van der Waals surface area contributed by atoms with Crippen LogP contribution in [0.25, 0.3) is 11.3 Å². The Morgan fingerprint density at radius 2 is 1.62 bits per heavy atom. The Morgan fingerprint density at radius 3 is 2.14 bits per heavy atom. The van der Waals surface area contributed by atoms with Crippen LogP contribution in [0.2, 0.25) is 0 Å². The first-order valence-corrected chi connectivity index (χ1v) is 9.20. The second-order valence-corrected chi connectivity index (χ2v) is 6.93. The first kappa shape index (κ1) is 16.0. The molecule has 0 saturated carbocycles. The maximum atomic E-state index is 5.58.